The molecule has 5 nitrogen and oxygen atoms in total. The van der Waals surface area contributed by atoms with E-state index >= 15 is 0 Å². The van der Waals surface area contributed by atoms with Crippen molar-refractivity contribution >= 4 is 56.6 Å². The fourth-order valence-corrected chi connectivity index (χ4v) is 5.45. The maximum Gasteiger partial charge on any atom is 0.0751 e. The summed E-state index contributed by atoms with van der Waals surface area (Å²) in [5.74, 6) is 0. The van der Waals surface area contributed by atoms with Crippen LogP contribution in [0.5, 0.6) is 0 Å². The summed E-state index contributed by atoms with van der Waals surface area (Å²) in [6.07, 6.45) is 3.65. The molecule has 4 rings (SSSR count). The van der Waals surface area contributed by atoms with E-state index in [-0.39, 0.29) is 5.54 Å². The number of hydrogen-bond donors (Lipinski definition) is 0. The Labute approximate surface area is 162 Å². The van der Waals surface area contributed by atoms with Crippen molar-refractivity contribution in [3.05, 3.63) is 23.4 Å². The van der Waals surface area contributed by atoms with Crippen molar-refractivity contribution in [3.8, 4) is 0 Å². The molecule has 3 heterocycles. The van der Waals surface area contributed by atoms with Gasteiger partial charge in [-0.15, -0.1) is 0 Å². The van der Waals surface area contributed by atoms with Crippen molar-refractivity contribution in [2.45, 2.75) is 18.9 Å². The molecule has 2 aliphatic rings. The van der Waals surface area contributed by atoms with Gasteiger partial charge >= 0.3 is 0 Å². The molecule has 1 atom stereocenters. The van der Waals surface area contributed by atoms with E-state index in [9.17, 15) is 0 Å². The highest BCUT2D eigenvalue weighted by Gasteiger charge is 2.39. The molecule has 8 heteroatoms. The van der Waals surface area contributed by atoms with Gasteiger partial charge in [-0.25, -0.2) is 4.45 Å². The number of nitrogens with zero attached hydrogens (tertiary/aromatic N) is 4. The van der Waals surface area contributed by atoms with Crippen molar-refractivity contribution < 1.29 is 4.74 Å². The van der Waals surface area contributed by atoms with Gasteiger partial charge in [0.15, 0.2) is 0 Å². The fourth-order valence-electron chi connectivity index (χ4n) is 3.62. The number of fused-ring (bicyclic) bond motifs is 1. The summed E-state index contributed by atoms with van der Waals surface area (Å²) < 4.78 is 7.49. The number of rotatable bonds is 3. The summed E-state index contributed by atoms with van der Waals surface area (Å²) in [7, 11) is 0. The molecule has 0 aliphatic carbocycles. The van der Waals surface area contributed by atoms with Gasteiger partial charge < -0.3 is 9.64 Å². The van der Waals surface area contributed by atoms with Crippen molar-refractivity contribution in [1.82, 2.24) is 14.5 Å². The maximum absolute atomic E-state index is 6.60. The SMILES string of the molecule is CC1(N2CCCN(c3cc4c(cnn4PI)cc3Cl)CC2)COC1. The Morgan fingerprint density at radius 3 is 2.79 bits per heavy atom. The Bertz CT molecular complexity index is 751. The van der Waals surface area contributed by atoms with Crippen LogP contribution in [0.4, 0.5) is 5.69 Å². The molecule has 0 bridgehead atoms. The van der Waals surface area contributed by atoms with Crippen molar-refractivity contribution in [3.63, 3.8) is 0 Å². The summed E-state index contributed by atoms with van der Waals surface area (Å²) in [5, 5.41) is 6.38. The van der Waals surface area contributed by atoms with Crippen LogP contribution in [0.15, 0.2) is 18.3 Å². The summed E-state index contributed by atoms with van der Waals surface area (Å²) in [6, 6.07) is 4.26. The first-order chi connectivity index (χ1) is 11.6. The molecule has 1 unspecified atom stereocenters. The molecule has 24 heavy (non-hydrogen) atoms. The smallest absolute Gasteiger partial charge is 0.0751 e. The molecular formula is C16H21ClIN4OP. The minimum Gasteiger partial charge on any atom is -0.377 e. The molecule has 0 N–H and O–H groups in total. The van der Waals surface area contributed by atoms with E-state index in [1.54, 1.807) is 0 Å². The third-order valence-electron chi connectivity index (χ3n) is 5.14. The number of hydrogen-bond acceptors (Lipinski definition) is 4. The average Bonchev–Trinajstić information content (AvgIpc) is 2.78. The van der Waals surface area contributed by atoms with Crippen LogP contribution in [-0.2, 0) is 4.74 Å². The van der Waals surface area contributed by atoms with E-state index in [1.807, 2.05) is 10.6 Å². The molecule has 130 valence electrons. The Hall–Kier alpha value is -0.140. The molecule has 0 saturated carbocycles. The molecular weight excluding hydrogens is 458 g/mol. The third kappa shape index (κ3) is 3.05. The summed E-state index contributed by atoms with van der Waals surface area (Å²) in [5.41, 5.74) is 2.53. The van der Waals surface area contributed by atoms with Gasteiger partial charge in [0.1, 0.15) is 0 Å². The monoisotopic (exact) mass is 478 g/mol. The predicted molar refractivity (Wildman–Crippen MR) is 110 cm³/mol. The predicted octanol–water partition coefficient (Wildman–Crippen LogP) is 3.78. The third-order valence-corrected chi connectivity index (χ3v) is 7.33. The molecule has 2 aliphatic heterocycles. The Kier molecular flexibility index (Phi) is 4.95. The minimum atomic E-state index is 0.227. The van der Waals surface area contributed by atoms with Gasteiger partial charge in [-0.1, -0.05) is 11.6 Å². The van der Waals surface area contributed by atoms with Crippen LogP contribution in [0, 0.1) is 0 Å². The molecule has 2 saturated heterocycles. The highest BCUT2D eigenvalue weighted by molar-refractivity contribution is 14.2. The van der Waals surface area contributed by atoms with Gasteiger partial charge in [-0.3, -0.25) is 4.90 Å². The van der Waals surface area contributed by atoms with Gasteiger partial charge in [0.05, 0.1) is 47.6 Å². The zero-order valence-electron chi connectivity index (χ0n) is 13.6. The van der Waals surface area contributed by atoms with Gasteiger partial charge in [-0.2, -0.15) is 5.10 Å². The lowest BCUT2D eigenvalue weighted by Gasteiger charge is -2.47. The topological polar surface area (TPSA) is 33.5 Å². The fraction of sp³-hybridized carbons (Fsp3) is 0.562. The highest BCUT2D eigenvalue weighted by atomic mass is 127. The number of aromatic nitrogens is 2. The lowest BCUT2D eigenvalue weighted by Crippen LogP contribution is -2.60. The summed E-state index contributed by atoms with van der Waals surface area (Å²) >= 11 is 8.96. The second-order valence-corrected chi connectivity index (χ2v) is 9.27. The molecule has 2 fully saturated rings. The van der Waals surface area contributed by atoms with Crippen LogP contribution < -0.4 is 4.90 Å². The second-order valence-electron chi connectivity index (χ2n) is 6.82. The first-order valence-electron chi connectivity index (χ1n) is 8.22. The number of halogens is 2. The van der Waals surface area contributed by atoms with E-state index in [0.29, 0.717) is 6.37 Å². The zero-order chi connectivity index (χ0) is 16.7. The first kappa shape index (κ1) is 17.3. The average molecular weight is 479 g/mol. The van der Waals surface area contributed by atoms with Crippen LogP contribution in [0.2, 0.25) is 5.02 Å². The molecule has 2 aromatic rings. The summed E-state index contributed by atoms with van der Waals surface area (Å²) in [6.45, 7) is 8.25. The Morgan fingerprint density at radius 2 is 2.08 bits per heavy atom. The Morgan fingerprint density at radius 1 is 1.25 bits per heavy atom. The van der Waals surface area contributed by atoms with Crippen molar-refractivity contribution in [2.24, 2.45) is 0 Å². The molecule has 1 aromatic heterocycles. The lowest BCUT2D eigenvalue weighted by molar-refractivity contribution is -0.128. The molecule has 1 aromatic carbocycles. The first-order valence-corrected chi connectivity index (χ1v) is 12.7. The number of benzene rings is 1. The molecule has 0 amide bonds. The van der Waals surface area contributed by atoms with E-state index in [2.05, 4.69) is 56.0 Å². The largest absolute Gasteiger partial charge is 0.377 e. The minimum absolute atomic E-state index is 0.227. The van der Waals surface area contributed by atoms with E-state index in [0.717, 1.165) is 61.9 Å². The van der Waals surface area contributed by atoms with Crippen LogP contribution in [0.3, 0.4) is 0 Å². The summed E-state index contributed by atoms with van der Waals surface area (Å²) in [4.78, 5) is 5.01. The standard InChI is InChI=1S/C16H21ClIN4OP/c1-16(10-23-11-16)21-4-2-3-20(5-6-21)15-8-14-12(7-13(15)17)9-19-22(14)24-18/h7-9,24H,2-6,10-11H2,1H3. The van der Waals surface area contributed by atoms with Gasteiger partial charge in [-0.05, 0) is 47.5 Å². The number of ether oxygens (including phenoxy) is 1. The quantitative estimate of drug-likeness (QED) is 0.497. The van der Waals surface area contributed by atoms with Crippen molar-refractivity contribution in [1.29, 1.82) is 0 Å². The highest BCUT2D eigenvalue weighted by Crippen LogP contribution is 2.36. The van der Waals surface area contributed by atoms with Gasteiger partial charge in [0.2, 0.25) is 0 Å². The Balaban J connectivity index is 1.59. The molecule has 0 spiro atoms. The van der Waals surface area contributed by atoms with E-state index < -0.39 is 0 Å². The van der Waals surface area contributed by atoms with Crippen molar-refractivity contribution in [2.75, 3.05) is 44.3 Å². The van der Waals surface area contributed by atoms with E-state index in [1.165, 1.54) is 5.52 Å². The zero-order valence-corrected chi connectivity index (χ0v) is 17.5. The van der Waals surface area contributed by atoms with E-state index in [4.69, 9.17) is 16.3 Å². The lowest BCUT2D eigenvalue weighted by atomic mass is 9.97. The van der Waals surface area contributed by atoms with Gasteiger partial charge in [0.25, 0.3) is 0 Å². The van der Waals surface area contributed by atoms with Crippen LogP contribution in [0.25, 0.3) is 10.9 Å². The normalized spacial score (nSPS) is 22.2. The van der Waals surface area contributed by atoms with Gasteiger partial charge in [0, 0.05) is 31.6 Å². The number of anilines is 1. The van der Waals surface area contributed by atoms with Crippen LogP contribution >= 0.6 is 40.0 Å². The second kappa shape index (κ2) is 6.88. The maximum atomic E-state index is 6.60. The molecule has 0 radical (unpaired) electrons. The van der Waals surface area contributed by atoms with Crippen LogP contribution in [0.1, 0.15) is 13.3 Å². The van der Waals surface area contributed by atoms with Crippen LogP contribution in [-0.4, -0.2) is 59.4 Å².